The zero-order chi connectivity index (χ0) is 14.5. The first kappa shape index (κ1) is 16.6. The maximum atomic E-state index is 6.38. The van der Waals surface area contributed by atoms with Gasteiger partial charge in [-0.2, -0.15) is 0 Å². The summed E-state index contributed by atoms with van der Waals surface area (Å²) in [5.41, 5.74) is 0. The van der Waals surface area contributed by atoms with E-state index in [-0.39, 0.29) is 0 Å². The van der Waals surface area contributed by atoms with Crippen LogP contribution in [0.5, 0.6) is 11.5 Å². The predicted octanol–water partition coefficient (Wildman–Crippen LogP) is 5.28. The number of hydrogen-bond acceptors (Lipinski definition) is 2. The van der Waals surface area contributed by atoms with Gasteiger partial charge in [-0.15, -0.1) is 0 Å². The molecule has 0 amide bonds. The first-order valence-electron chi connectivity index (χ1n) is 7.32. The van der Waals surface area contributed by atoms with E-state index in [0.29, 0.717) is 0 Å². The number of rotatable bonds is 7. The Balaban J connectivity index is 2.76. The summed E-state index contributed by atoms with van der Waals surface area (Å²) < 4.78 is 12.3. The van der Waals surface area contributed by atoms with Gasteiger partial charge in [-0.25, -0.2) is 0 Å². The molecule has 0 spiro atoms. The molecular weight excluding hydrogens is 313 g/mol. The van der Waals surface area contributed by atoms with Crippen LogP contribution in [0.25, 0.3) is 0 Å². The van der Waals surface area contributed by atoms with E-state index in [2.05, 4.69) is 52.5 Å². The zero-order valence-corrected chi connectivity index (χ0v) is 16.3. The second-order valence-electron chi connectivity index (χ2n) is 6.03. The molecule has 2 nitrogen and oxygen atoms in total. The first-order valence-corrected chi connectivity index (χ1v) is 16.0. The predicted molar refractivity (Wildman–Crippen MR) is 88.2 cm³/mol. The van der Waals surface area contributed by atoms with E-state index in [0.717, 1.165) is 11.5 Å². The maximum absolute atomic E-state index is 6.38. The monoisotopic (exact) mass is 342 g/mol. The van der Waals surface area contributed by atoms with E-state index in [9.17, 15) is 0 Å². The molecule has 1 aromatic carbocycles. The van der Waals surface area contributed by atoms with Crippen LogP contribution >= 0.6 is 0 Å². The van der Waals surface area contributed by atoms with Crippen molar-refractivity contribution in [2.24, 2.45) is 0 Å². The van der Waals surface area contributed by atoms with Crippen molar-refractivity contribution in [1.82, 2.24) is 0 Å². The van der Waals surface area contributed by atoms with E-state index in [1.54, 1.807) is 0 Å². The van der Waals surface area contributed by atoms with E-state index in [1.165, 1.54) is 15.8 Å². The van der Waals surface area contributed by atoms with Crippen LogP contribution in [0, 0.1) is 0 Å². The van der Waals surface area contributed by atoms with Crippen molar-refractivity contribution in [3.05, 3.63) is 24.3 Å². The Morgan fingerprint density at radius 1 is 0.842 bits per heavy atom. The molecular formula is C15H28GeO2Si. The van der Waals surface area contributed by atoms with Gasteiger partial charge in [0.05, 0.1) is 0 Å². The summed E-state index contributed by atoms with van der Waals surface area (Å²) in [6, 6.07) is 8.22. The molecule has 0 fully saturated rings. The molecule has 0 radical (unpaired) electrons. The van der Waals surface area contributed by atoms with Gasteiger partial charge >= 0.3 is 122 Å². The second-order valence-corrected chi connectivity index (χ2v) is 20.3. The zero-order valence-electron chi connectivity index (χ0n) is 13.2. The van der Waals surface area contributed by atoms with Crippen molar-refractivity contribution in [1.29, 1.82) is 0 Å². The molecule has 1 rings (SSSR count). The summed E-state index contributed by atoms with van der Waals surface area (Å²) in [4.78, 5) is 0. The molecule has 108 valence electrons. The van der Waals surface area contributed by atoms with E-state index < -0.39 is 21.9 Å². The van der Waals surface area contributed by atoms with Gasteiger partial charge in [-0.05, 0) is 0 Å². The average molecular weight is 341 g/mol. The molecule has 0 atom stereocenters. The summed E-state index contributed by atoms with van der Waals surface area (Å²) in [5.74, 6) is 1.99. The Labute approximate surface area is 122 Å². The summed E-state index contributed by atoms with van der Waals surface area (Å²) in [6.07, 6.45) is 0. The van der Waals surface area contributed by atoms with Gasteiger partial charge in [0.1, 0.15) is 0 Å². The van der Waals surface area contributed by atoms with Crippen molar-refractivity contribution in [3.8, 4) is 11.5 Å². The van der Waals surface area contributed by atoms with Crippen LogP contribution in [0.2, 0.25) is 35.4 Å². The van der Waals surface area contributed by atoms with Gasteiger partial charge in [0.25, 0.3) is 0 Å². The van der Waals surface area contributed by atoms with Crippen molar-refractivity contribution in [2.75, 3.05) is 0 Å². The SMILES string of the molecule is C[CH2][Ge]([CH2]C)([CH2]C)[O]c1ccc(O[Si](C)(C)C)cc1. The summed E-state index contributed by atoms with van der Waals surface area (Å²) in [7, 11) is -1.51. The Kier molecular flexibility index (Phi) is 5.99. The molecule has 4 heteroatoms. The van der Waals surface area contributed by atoms with Crippen molar-refractivity contribution < 1.29 is 8.19 Å². The van der Waals surface area contributed by atoms with E-state index in [1.807, 2.05) is 12.1 Å². The third-order valence-corrected chi connectivity index (χ3v) is 13.9. The van der Waals surface area contributed by atoms with E-state index in [4.69, 9.17) is 8.19 Å². The van der Waals surface area contributed by atoms with Crippen LogP contribution in [0.3, 0.4) is 0 Å². The fourth-order valence-electron chi connectivity index (χ4n) is 2.15. The molecule has 0 heterocycles. The van der Waals surface area contributed by atoms with Crippen LogP contribution in [0.15, 0.2) is 24.3 Å². The van der Waals surface area contributed by atoms with Crippen LogP contribution in [0.4, 0.5) is 0 Å². The Morgan fingerprint density at radius 3 is 1.63 bits per heavy atom. The second kappa shape index (κ2) is 6.84. The third kappa shape index (κ3) is 5.22. The molecule has 0 saturated carbocycles. The summed E-state index contributed by atoms with van der Waals surface area (Å²) in [5, 5.41) is 3.67. The molecule has 0 aliphatic carbocycles. The van der Waals surface area contributed by atoms with Gasteiger partial charge < -0.3 is 0 Å². The Hall–Kier alpha value is -0.420. The number of hydrogen-bond donors (Lipinski definition) is 0. The van der Waals surface area contributed by atoms with Crippen LogP contribution in [-0.2, 0) is 0 Å². The van der Waals surface area contributed by atoms with E-state index >= 15 is 0 Å². The molecule has 0 N–H and O–H groups in total. The molecule has 0 aliphatic heterocycles. The first-order chi connectivity index (χ1) is 8.84. The van der Waals surface area contributed by atoms with Crippen molar-refractivity contribution >= 4 is 21.9 Å². The van der Waals surface area contributed by atoms with Gasteiger partial charge in [-0.1, -0.05) is 0 Å². The molecule has 0 aromatic heterocycles. The molecule has 0 aliphatic rings. The quantitative estimate of drug-likeness (QED) is 0.628. The van der Waals surface area contributed by atoms with Crippen LogP contribution < -0.4 is 8.19 Å². The average Bonchev–Trinajstić information content (AvgIpc) is 2.37. The fourth-order valence-corrected chi connectivity index (χ4v) is 8.38. The van der Waals surface area contributed by atoms with Gasteiger partial charge in [0.2, 0.25) is 0 Å². The van der Waals surface area contributed by atoms with Crippen molar-refractivity contribution in [2.45, 2.75) is 56.2 Å². The normalized spacial score (nSPS) is 12.3. The van der Waals surface area contributed by atoms with Crippen molar-refractivity contribution in [3.63, 3.8) is 0 Å². The van der Waals surface area contributed by atoms with Gasteiger partial charge in [0, 0.05) is 0 Å². The summed E-state index contributed by atoms with van der Waals surface area (Å²) >= 11 is -2.09. The third-order valence-electron chi connectivity index (χ3n) is 3.52. The molecule has 0 bridgehead atoms. The minimum atomic E-state index is -2.09. The molecule has 19 heavy (non-hydrogen) atoms. The molecule has 1 aromatic rings. The molecule has 0 unspecified atom stereocenters. The topological polar surface area (TPSA) is 18.5 Å². The Bertz CT molecular complexity index is 372. The Morgan fingerprint density at radius 2 is 1.26 bits per heavy atom. The number of benzene rings is 1. The summed E-state index contributed by atoms with van der Waals surface area (Å²) in [6.45, 7) is 13.4. The van der Waals surface area contributed by atoms with Crippen LogP contribution in [-0.4, -0.2) is 21.9 Å². The van der Waals surface area contributed by atoms with Gasteiger partial charge in [-0.3, -0.25) is 0 Å². The standard InChI is InChI=1S/C15H28GeO2Si/c1-7-16(8-2,9-3)17-14-10-12-15(13-11-14)18-19(4,5)6/h10-13H,7-9H2,1-6H3. The van der Waals surface area contributed by atoms with Crippen LogP contribution in [0.1, 0.15) is 20.8 Å². The minimum absolute atomic E-state index is 0.967. The molecule has 0 saturated heterocycles. The fraction of sp³-hybridized carbons (Fsp3) is 0.600. The van der Waals surface area contributed by atoms with Gasteiger partial charge in [0.15, 0.2) is 0 Å².